The molecule has 38 heavy (non-hydrogen) atoms. The van der Waals surface area contributed by atoms with E-state index in [0.29, 0.717) is 24.0 Å². The zero-order valence-electron chi connectivity index (χ0n) is 23.5. The third-order valence-corrected chi connectivity index (χ3v) is 13.7. The number of carbonyl (C=O) groups is 2. The molecule has 8 heteroatoms. The van der Waals surface area contributed by atoms with Crippen LogP contribution < -0.4 is 10.4 Å². The van der Waals surface area contributed by atoms with Gasteiger partial charge in [0.25, 0.3) is 0 Å². The van der Waals surface area contributed by atoms with E-state index in [-0.39, 0.29) is 0 Å². The van der Waals surface area contributed by atoms with Crippen LogP contribution in [-0.4, -0.2) is 39.3 Å². The molecule has 0 aliphatic heterocycles. The van der Waals surface area contributed by atoms with Crippen LogP contribution in [0.5, 0.6) is 0 Å². The van der Waals surface area contributed by atoms with Gasteiger partial charge in [0, 0.05) is 0 Å². The molecule has 204 valence electrons. The lowest BCUT2D eigenvalue weighted by atomic mass is 9.74. The monoisotopic (exact) mass is 552 g/mol. The summed E-state index contributed by atoms with van der Waals surface area (Å²) >= 11 is 0. The fraction of sp³-hybridized carbons (Fsp3) is 0.400. The Morgan fingerprint density at radius 2 is 1.00 bits per heavy atom. The molecule has 6 nitrogen and oxygen atoms in total. The second-order valence-corrected chi connectivity index (χ2v) is 20.4. The summed E-state index contributed by atoms with van der Waals surface area (Å²) in [6.45, 7) is 20.2. The van der Waals surface area contributed by atoms with Crippen molar-refractivity contribution in [2.24, 2.45) is 0 Å². The van der Waals surface area contributed by atoms with Gasteiger partial charge in [0.15, 0.2) is 0 Å². The molecule has 2 aromatic rings. The van der Waals surface area contributed by atoms with Gasteiger partial charge in [-0.15, -0.1) is 13.2 Å². The molecule has 2 aromatic carbocycles. The molecule has 0 amide bonds. The molecule has 0 radical (unpaired) electrons. The summed E-state index contributed by atoms with van der Waals surface area (Å²) in [6, 6.07) is 14.7. The van der Waals surface area contributed by atoms with Crippen molar-refractivity contribution in [1.29, 1.82) is 0 Å². The minimum absolute atomic E-state index is 0.391. The van der Waals surface area contributed by atoms with Crippen molar-refractivity contribution in [3.8, 4) is 0 Å². The lowest BCUT2D eigenvalue weighted by Gasteiger charge is -2.45. The van der Waals surface area contributed by atoms with E-state index >= 15 is 0 Å². The first-order valence-electron chi connectivity index (χ1n) is 13.1. The van der Waals surface area contributed by atoms with E-state index in [1.165, 1.54) is 10.4 Å². The standard InChI is InChI=1S/C30H40O6Si2/c1-9-37(5,6)25-17-13-23(14-18-25)27(31)33-35-29(3)21-11-12-22-30(29,4)36-34-28(32)24-15-19-26(20-16-24)38(7,8)10-2/h9-10,13-20H,1-2,11-12,21-22H2,3-8H3. The summed E-state index contributed by atoms with van der Waals surface area (Å²) in [7, 11) is -3.45. The van der Waals surface area contributed by atoms with Crippen LogP contribution in [0.15, 0.2) is 73.1 Å². The normalized spacial score (nSPS) is 21.8. The molecule has 1 aliphatic carbocycles. The van der Waals surface area contributed by atoms with Gasteiger partial charge in [-0.25, -0.2) is 9.59 Å². The fourth-order valence-electron chi connectivity index (χ4n) is 4.38. The van der Waals surface area contributed by atoms with E-state index in [9.17, 15) is 9.59 Å². The first kappa shape index (κ1) is 29.8. The first-order chi connectivity index (χ1) is 17.8. The van der Waals surface area contributed by atoms with E-state index in [2.05, 4.69) is 39.3 Å². The Morgan fingerprint density at radius 3 is 1.29 bits per heavy atom. The SMILES string of the molecule is C=C[Si](C)(C)c1ccc(C(=O)OOC2(C)CCCCC2(C)OOC(=O)c2ccc([Si](C)(C)C=C)cc2)cc1. The highest BCUT2D eigenvalue weighted by Gasteiger charge is 2.53. The minimum atomic E-state index is -1.72. The minimum Gasteiger partial charge on any atom is -0.292 e. The average Bonchev–Trinajstić information content (AvgIpc) is 2.92. The van der Waals surface area contributed by atoms with Gasteiger partial charge in [-0.05, 0) is 51.0 Å². The molecule has 2 unspecified atom stereocenters. The van der Waals surface area contributed by atoms with Crippen molar-refractivity contribution >= 4 is 38.5 Å². The Bertz CT molecular complexity index is 1080. The third kappa shape index (κ3) is 6.43. The van der Waals surface area contributed by atoms with Crippen LogP contribution in [0, 0.1) is 0 Å². The van der Waals surface area contributed by atoms with E-state index in [1.807, 2.05) is 49.5 Å². The molecule has 1 fully saturated rings. The summed E-state index contributed by atoms with van der Waals surface area (Å²) in [5, 5.41) is 2.35. The molecular formula is C30H40O6Si2. The molecule has 3 rings (SSSR count). The first-order valence-corrected chi connectivity index (χ1v) is 19.2. The molecule has 0 spiro atoms. The second kappa shape index (κ2) is 11.5. The maximum absolute atomic E-state index is 12.8. The summed E-state index contributed by atoms with van der Waals surface area (Å²) in [6.07, 6.45) is 2.87. The van der Waals surface area contributed by atoms with E-state index < -0.39 is 39.3 Å². The summed E-state index contributed by atoms with van der Waals surface area (Å²) < 4.78 is 0. The van der Waals surface area contributed by atoms with E-state index in [1.54, 1.807) is 24.3 Å². The molecule has 0 N–H and O–H groups in total. The quantitative estimate of drug-likeness (QED) is 0.207. The van der Waals surface area contributed by atoms with Crippen LogP contribution in [0.2, 0.25) is 26.2 Å². The highest BCUT2D eigenvalue weighted by atomic mass is 28.3. The van der Waals surface area contributed by atoms with Gasteiger partial charge in [-0.2, -0.15) is 9.78 Å². The summed E-state index contributed by atoms with van der Waals surface area (Å²) in [5.74, 6) is -1.18. The number of rotatable bonds is 10. The van der Waals surface area contributed by atoms with Crippen molar-refractivity contribution < 1.29 is 29.1 Å². The number of benzene rings is 2. The maximum atomic E-state index is 12.8. The van der Waals surface area contributed by atoms with Crippen molar-refractivity contribution in [2.75, 3.05) is 0 Å². The van der Waals surface area contributed by atoms with Crippen molar-refractivity contribution in [3.63, 3.8) is 0 Å². The lowest BCUT2D eigenvalue weighted by molar-refractivity contribution is -0.418. The Hall–Kier alpha value is -2.79. The van der Waals surface area contributed by atoms with Crippen LogP contribution in [0.4, 0.5) is 0 Å². The molecule has 0 aromatic heterocycles. The van der Waals surface area contributed by atoms with Gasteiger partial charge in [0.05, 0.1) is 11.1 Å². The van der Waals surface area contributed by atoms with Gasteiger partial charge in [-0.3, -0.25) is 9.78 Å². The highest BCUT2D eigenvalue weighted by molar-refractivity contribution is 6.94. The second-order valence-electron chi connectivity index (χ2n) is 11.6. The largest absolute Gasteiger partial charge is 0.373 e. The number of hydrogen-bond donors (Lipinski definition) is 0. The van der Waals surface area contributed by atoms with Crippen molar-refractivity contribution in [1.82, 2.24) is 0 Å². The van der Waals surface area contributed by atoms with Crippen LogP contribution in [0.3, 0.4) is 0 Å². The Balaban J connectivity index is 1.65. The molecule has 2 atom stereocenters. The number of hydrogen-bond acceptors (Lipinski definition) is 6. The summed E-state index contributed by atoms with van der Waals surface area (Å²) in [5.41, 5.74) is 2.76. The van der Waals surface area contributed by atoms with Gasteiger partial charge in [-0.1, -0.05) is 85.1 Å². The molecule has 0 bridgehead atoms. The zero-order chi connectivity index (χ0) is 28.2. The van der Waals surface area contributed by atoms with Gasteiger partial charge >= 0.3 is 11.9 Å². The third-order valence-electron chi connectivity index (χ3n) is 8.03. The number of carbonyl (C=O) groups excluding carboxylic acids is 2. The Morgan fingerprint density at radius 1 is 0.684 bits per heavy atom. The smallest absolute Gasteiger partial charge is 0.292 e. The van der Waals surface area contributed by atoms with Crippen molar-refractivity contribution in [2.45, 2.75) is 76.9 Å². The van der Waals surface area contributed by atoms with Gasteiger partial charge < -0.3 is 0 Å². The lowest BCUT2D eigenvalue weighted by Crippen LogP contribution is -2.56. The van der Waals surface area contributed by atoms with Gasteiger partial charge in [0.2, 0.25) is 0 Å². The molecule has 1 aliphatic rings. The predicted octanol–water partition coefficient (Wildman–Crippen LogP) is 5.94. The predicted molar refractivity (Wildman–Crippen MR) is 156 cm³/mol. The van der Waals surface area contributed by atoms with Gasteiger partial charge in [0.1, 0.15) is 27.3 Å². The van der Waals surface area contributed by atoms with E-state index in [4.69, 9.17) is 19.6 Å². The average molecular weight is 553 g/mol. The van der Waals surface area contributed by atoms with Crippen molar-refractivity contribution in [3.05, 3.63) is 84.2 Å². The van der Waals surface area contributed by atoms with Crippen LogP contribution >= 0.6 is 0 Å². The summed E-state index contributed by atoms with van der Waals surface area (Å²) in [4.78, 5) is 47.6. The van der Waals surface area contributed by atoms with Crippen LogP contribution in [0.25, 0.3) is 0 Å². The molecule has 0 saturated heterocycles. The Kier molecular flexibility index (Phi) is 9.03. The molecule has 0 heterocycles. The highest BCUT2D eigenvalue weighted by Crippen LogP contribution is 2.43. The maximum Gasteiger partial charge on any atom is 0.373 e. The topological polar surface area (TPSA) is 71.1 Å². The van der Waals surface area contributed by atoms with Crippen LogP contribution in [0.1, 0.15) is 60.2 Å². The van der Waals surface area contributed by atoms with E-state index in [0.717, 1.165) is 12.8 Å². The molecular weight excluding hydrogens is 512 g/mol. The zero-order valence-corrected chi connectivity index (χ0v) is 25.5. The Labute approximate surface area is 228 Å². The van der Waals surface area contributed by atoms with Crippen LogP contribution in [-0.2, 0) is 19.6 Å². The molecule has 1 saturated carbocycles. The fourth-order valence-corrected chi connectivity index (χ4v) is 6.90.